The zero-order chi connectivity index (χ0) is 16.7. The van der Waals surface area contributed by atoms with Crippen LogP contribution in [0, 0.1) is 17.8 Å². The molecule has 0 spiro atoms. The Bertz CT molecular complexity index is 483. The molecule has 1 saturated heterocycles. The van der Waals surface area contributed by atoms with E-state index in [1.54, 1.807) is 0 Å². The van der Waals surface area contributed by atoms with Crippen molar-refractivity contribution in [1.29, 1.82) is 0 Å². The van der Waals surface area contributed by atoms with E-state index in [1.807, 2.05) is 11.8 Å². The molecule has 4 bridgehead atoms. The first kappa shape index (κ1) is 16.2. The standard InChI is InChI=1S/C19H31N3O2/c1-2-17(23)22-5-3-4-16(12-22)20-18(24)21-19-9-13-6-14(10-19)8-15(7-13)11-19/h13-16H,2-12H2,1H3,(H2,20,21,24). The minimum absolute atomic E-state index is 0.00672. The second-order valence-corrected chi connectivity index (χ2v) is 8.83. The summed E-state index contributed by atoms with van der Waals surface area (Å²) < 4.78 is 0. The Hall–Kier alpha value is -1.26. The molecule has 1 atom stereocenters. The van der Waals surface area contributed by atoms with Crippen LogP contribution >= 0.6 is 0 Å². The molecule has 0 aromatic rings. The van der Waals surface area contributed by atoms with Crippen LogP contribution in [0.2, 0.25) is 0 Å². The second-order valence-electron chi connectivity index (χ2n) is 8.83. The van der Waals surface area contributed by atoms with Gasteiger partial charge in [0.2, 0.25) is 5.91 Å². The molecule has 5 rings (SSSR count). The van der Waals surface area contributed by atoms with Crippen molar-refractivity contribution >= 4 is 11.9 Å². The number of amides is 3. The molecule has 5 heteroatoms. The van der Waals surface area contributed by atoms with E-state index in [1.165, 1.54) is 38.5 Å². The molecule has 1 heterocycles. The van der Waals surface area contributed by atoms with E-state index in [0.29, 0.717) is 13.0 Å². The Kier molecular flexibility index (Phi) is 4.21. The number of carbonyl (C=O) groups is 2. The monoisotopic (exact) mass is 333 g/mol. The van der Waals surface area contributed by atoms with Gasteiger partial charge >= 0.3 is 6.03 Å². The molecule has 5 aliphatic rings. The SMILES string of the molecule is CCC(=O)N1CCCC(NC(=O)NC23CC4CC(CC(C4)C2)C3)C1. The molecule has 1 unspecified atom stereocenters. The topological polar surface area (TPSA) is 61.4 Å². The molecule has 0 aromatic carbocycles. The Morgan fingerprint density at radius 1 is 1.08 bits per heavy atom. The normalized spacial score (nSPS) is 40.5. The summed E-state index contributed by atoms with van der Waals surface area (Å²) in [6.07, 6.45) is 10.2. The Morgan fingerprint density at radius 2 is 1.71 bits per heavy atom. The lowest BCUT2D eigenvalue weighted by Gasteiger charge is -2.56. The van der Waals surface area contributed by atoms with Gasteiger partial charge in [0.1, 0.15) is 0 Å². The van der Waals surface area contributed by atoms with Crippen molar-refractivity contribution in [1.82, 2.24) is 15.5 Å². The van der Waals surface area contributed by atoms with Gasteiger partial charge in [-0.25, -0.2) is 4.79 Å². The summed E-state index contributed by atoms with van der Waals surface area (Å²) in [5, 5.41) is 6.54. The largest absolute Gasteiger partial charge is 0.341 e. The minimum Gasteiger partial charge on any atom is -0.341 e. The number of urea groups is 1. The molecule has 3 amide bonds. The van der Waals surface area contributed by atoms with E-state index < -0.39 is 0 Å². The molecular weight excluding hydrogens is 302 g/mol. The summed E-state index contributed by atoms with van der Waals surface area (Å²) in [6.45, 7) is 3.40. The van der Waals surface area contributed by atoms with Crippen LogP contribution in [0.1, 0.15) is 64.7 Å². The lowest BCUT2D eigenvalue weighted by atomic mass is 9.53. The van der Waals surface area contributed by atoms with Gasteiger partial charge in [0.15, 0.2) is 0 Å². The summed E-state index contributed by atoms with van der Waals surface area (Å²) in [6, 6.07) is 0.0934. The molecule has 0 aromatic heterocycles. The van der Waals surface area contributed by atoms with Crippen molar-refractivity contribution in [2.45, 2.75) is 76.3 Å². The van der Waals surface area contributed by atoms with E-state index in [0.717, 1.165) is 37.1 Å². The Morgan fingerprint density at radius 3 is 2.29 bits per heavy atom. The lowest BCUT2D eigenvalue weighted by molar-refractivity contribution is -0.132. The molecule has 0 radical (unpaired) electrons. The molecule has 4 aliphatic carbocycles. The van der Waals surface area contributed by atoms with Crippen LogP contribution < -0.4 is 10.6 Å². The van der Waals surface area contributed by atoms with Crippen LogP contribution in [0.25, 0.3) is 0 Å². The van der Waals surface area contributed by atoms with Gasteiger partial charge in [-0.15, -0.1) is 0 Å². The number of nitrogens with one attached hydrogen (secondary N) is 2. The average Bonchev–Trinajstić information content (AvgIpc) is 2.52. The minimum atomic E-state index is -0.00672. The lowest BCUT2D eigenvalue weighted by Crippen LogP contribution is -2.63. The van der Waals surface area contributed by atoms with Gasteiger partial charge in [-0.3, -0.25) is 4.79 Å². The van der Waals surface area contributed by atoms with Crippen LogP contribution in [0.15, 0.2) is 0 Å². The number of carbonyl (C=O) groups excluding carboxylic acids is 2. The molecular formula is C19H31N3O2. The zero-order valence-electron chi connectivity index (χ0n) is 14.9. The van der Waals surface area contributed by atoms with E-state index in [9.17, 15) is 9.59 Å². The maximum atomic E-state index is 12.6. The van der Waals surface area contributed by atoms with Crippen molar-refractivity contribution in [3.63, 3.8) is 0 Å². The maximum Gasteiger partial charge on any atom is 0.315 e. The second kappa shape index (κ2) is 6.23. The summed E-state index contributed by atoms with van der Waals surface area (Å²) in [5.41, 5.74) is 0.0619. The van der Waals surface area contributed by atoms with Gasteiger partial charge in [0.05, 0.1) is 0 Å². The third kappa shape index (κ3) is 3.14. The molecule has 1 aliphatic heterocycles. The zero-order valence-corrected chi connectivity index (χ0v) is 14.9. The van der Waals surface area contributed by atoms with E-state index in [4.69, 9.17) is 0 Å². The van der Waals surface area contributed by atoms with Crippen molar-refractivity contribution in [2.24, 2.45) is 17.8 Å². The van der Waals surface area contributed by atoms with Crippen molar-refractivity contribution in [3.8, 4) is 0 Å². The van der Waals surface area contributed by atoms with Crippen LogP contribution in [-0.2, 0) is 4.79 Å². The third-order valence-corrected chi connectivity index (χ3v) is 6.83. The molecule has 2 N–H and O–H groups in total. The number of piperidine rings is 1. The van der Waals surface area contributed by atoms with E-state index >= 15 is 0 Å². The van der Waals surface area contributed by atoms with Crippen LogP contribution in [0.3, 0.4) is 0 Å². The van der Waals surface area contributed by atoms with Gasteiger partial charge < -0.3 is 15.5 Å². The third-order valence-electron chi connectivity index (χ3n) is 6.83. The first-order chi connectivity index (χ1) is 11.5. The fourth-order valence-corrected chi connectivity index (χ4v) is 6.27. The number of hydrogen-bond donors (Lipinski definition) is 2. The Balaban J connectivity index is 1.33. The van der Waals surface area contributed by atoms with Crippen molar-refractivity contribution < 1.29 is 9.59 Å². The molecule has 134 valence electrons. The Labute approximate surface area is 144 Å². The first-order valence-electron chi connectivity index (χ1n) is 9.92. The summed E-state index contributed by atoms with van der Waals surface area (Å²) in [7, 11) is 0. The fraction of sp³-hybridized carbons (Fsp3) is 0.895. The summed E-state index contributed by atoms with van der Waals surface area (Å²) >= 11 is 0. The molecule has 24 heavy (non-hydrogen) atoms. The quantitative estimate of drug-likeness (QED) is 0.834. The van der Waals surface area contributed by atoms with E-state index in [-0.39, 0.29) is 23.5 Å². The van der Waals surface area contributed by atoms with Gasteiger partial charge in [-0.2, -0.15) is 0 Å². The predicted molar refractivity (Wildman–Crippen MR) is 92.5 cm³/mol. The highest BCUT2D eigenvalue weighted by atomic mass is 16.2. The molecule has 4 saturated carbocycles. The summed E-state index contributed by atoms with van der Waals surface area (Å²) in [4.78, 5) is 26.4. The van der Waals surface area contributed by atoms with Crippen LogP contribution in [-0.4, -0.2) is 41.5 Å². The van der Waals surface area contributed by atoms with Crippen LogP contribution in [0.4, 0.5) is 4.79 Å². The highest BCUT2D eigenvalue weighted by molar-refractivity contribution is 5.77. The summed E-state index contributed by atoms with van der Waals surface area (Å²) in [5.74, 6) is 2.71. The van der Waals surface area contributed by atoms with E-state index in [2.05, 4.69) is 10.6 Å². The fourth-order valence-electron chi connectivity index (χ4n) is 6.27. The smallest absolute Gasteiger partial charge is 0.315 e. The molecule has 5 fully saturated rings. The number of likely N-dealkylation sites (tertiary alicyclic amines) is 1. The highest BCUT2D eigenvalue weighted by Crippen LogP contribution is 2.55. The number of nitrogens with zero attached hydrogens (tertiary/aromatic N) is 1. The number of rotatable bonds is 3. The van der Waals surface area contributed by atoms with Gasteiger partial charge in [-0.05, 0) is 69.1 Å². The highest BCUT2D eigenvalue weighted by Gasteiger charge is 2.51. The predicted octanol–water partition coefficient (Wildman–Crippen LogP) is 2.66. The average molecular weight is 333 g/mol. The van der Waals surface area contributed by atoms with Gasteiger partial charge in [0, 0.05) is 31.1 Å². The number of hydrogen-bond acceptors (Lipinski definition) is 2. The van der Waals surface area contributed by atoms with Gasteiger partial charge in [0.25, 0.3) is 0 Å². The van der Waals surface area contributed by atoms with Crippen LogP contribution in [0.5, 0.6) is 0 Å². The van der Waals surface area contributed by atoms with Gasteiger partial charge in [-0.1, -0.05) is 6.92 Å². The van der Waals surface area contributed by atoms with Crippen molar-refractivity contribution in [3.05, 3.63) is 0 Å². The molecule has 5 nitrogen and oxygen atoms in total. The maximum absolute atomic E-state index is 12.6. The first-order valence-corrected chi connectivity index (χ1v) is 9.92. The van der Waals surface area contributed by atoms with Crippen molar-refractivity contribution in [2.75, 3.05) is 13.1 Å².